The topological polar surface area (TPSA) is 114 Å². The van der Waals surface area contributed by atoms with Crippen molar-refractivity contribution in [3.05, 3.63) is 95.6 Å². The molecule has 0 saturated carbocycles. The number of hydrogen-bond acceptors (Lipinski definition) is 5. The summed E-state index contributed by atoms with van der Waals surface area (Å²) in [4.78, 5) is 37.9. The second kappa shape index (κ2) is 10.0. The standard InChI is InChI=1S/C29H26N4O4/c1-37-23-11-10-21-15-33(28(35)26(21)14-23)16-27(32-29(36)31-17-34)19-8-6-18(7-9-19)25-13-22(30)12-20-4-2-3-5-24(20)25/h2-14,17,27H,15-16,30H2,1H3,(H2,31,32,34,36)/t27-/m0/s1. The normalized spacial score (nSPS) is 13.2. The minimum absolute atomic E-state index is 0.139. The lowest BCUT2D eigenvalue weighted by Gasteiger charge is -2.25. The maximum absolute atomic E-state index is 13.1. The van der Waals surface area contributed by atoms with Crippen molar-refractivity contribution in [1.82, 2.24) is 15.5 Å². The predicted molar refractivity (Wildman–Crippen MR) is 142 cm³/mol. The monoisotopic (exact) mass is 494 g/mol. The van der Waals surface area contributed by atoms with Crippen LogP contribution in [0.25, 0.3) is 21.9 Å². The molecule has 4 aromatic rings. The van der Waals surface area contributed by atoms with E-state index < -0.39 is 12.1 Å². The number of carbonyl (C=O) groups is 3. The minimum Gasteiger partial charge on any atom is -0.497 e. The first-order chi connectivity index (χ1) is 18.0. The molecule has 0 unspecified atom stereocenters. The Hall–Kier alpha value is -4.85. The molecule has 1 atom stereocenters. The van der Waals surface area contributed by atoms with E-state index in [2.05, 4.69) is 16.7 Å². The summed E-state index contributed by atoms with van der Waals surface area (Å²) in [5.74, 6) is 0.470. The van der Waals surface area contributed by atoms with E-state index in [1.165, 1.54) is 0 Å². The molecule has 1 heterocycles. The second-order valence-electron chi connectivity index (χ2n) is 8.91. The average Bonchev–Trinajstić information content (AvgIpc) is 3.22. The van der Waals surface area contributed by atoms with Gasteiger partial charge >= 0.3 is 6.03 Å². The summed E-state index contributed by atoms with van der Waals surface area (Å²) in [7, 11) is 1.56. The van der Waals surface area contributed by atoms with Gasteiger partial charge in [-0.15, -0.1) is 0 Å². The van der Waals surface area contributed by atoms with Gasteiger partial charge in [0.1, 0.15) is 5.75 Å². The molecule has 0 saturated heterocycles. The van der Waals surface area contributed by atoms with Crippen LogP contribution in [0.1, 0.15) is 27.5 Å². The highest BCUT2D eigenvalue weighted by molar-refractivity contribution is 5.99. The first-order valence-corrected chi connectivity index (χ1v) is 11.8. The van der Waals surface area contributed by atoms with Crippen LogP contribution in [0.15, 0.2) is 78.9 Å². The third-order valence-electron chi connectivity index (χ3n) is 6.60. The molecular formula is C29H26N4O4. The van der Waals surface area contributed by atoms with Crippen molar-refractivity contribution in [3.63, 3.8) is 0 Å². The van der Waals surface area contributed by atoms with Crippen LogP contribution >= 0.6 is 0 Å². The fraction of sp³-hybridized carbons (Fsp3) is 0.138. The molecule has 0 bridgehead atoms. The highest BCUT2D eigenvalue weighted by Crippen LogP contribution is 2.33. The van der Waals surface area contributed by atoms with Gasteiger partial charge in [0, 0.05) is 24.3 Å². The summed E-state index contributed by atoms with van der Waals surface area (Å²) in [5.41, 5.74) is 11.1. The number of methoxy groups -OCH3 is 1. The van der Waals surface area contributed by atoms with Crippen molar-refractivity contribution in [1.29, 1.82) is 0 Å². The third-order valence-corrected chi connectivity index (χ3v) is 6.60. The summed E-state index contributed by atoms with van der Waals surface area (Å²) in [5, 5.41) is 7.06. The maximum Gasteiger partial charge on any atom is 0.321 e. The van der Waals surface area contributed by atoms with Crippen LogP contribution in [-0.4, -0.2) is 36.9 Å². The molecule has 5 rings (SSSR count). The Morgan fingerprint density at radius 2 is 1.84 bits per heavy atom. The fourth-order valence-corrected chi connectivity index (χ4v) is 4.79. The van der Waals surface area contributed by atoms with Gasteiger partial charge in [-0.1, -0.05) is 54.6 Å². The lowest BCUT2D eigenvalue weighted by Crippen LogP contribution is -2.42. The van der Waals surface area contributed by atoms with Gasteiger partial charge in [-0.2, -0.15) is 0 Å². The third kappa shape index (κ3) is 4.81. The number of hydrogen-bond donors (Lipinski definition) is 3. The van der Waals surface area contributed by atoms with Gasteiger partial charge in [0.25, 0.3) is 5.91 Å². The van der Waals surface area contributed by atoms with Crippen molar-refractivity contribution in [2.45, 2.75) is 12.6 Å². The van der Waals surface area contributed by atoms with Crippen molar-refractivity contribution in [3.8, 4) is 16.9 Å². The molecule has 8 nitrogen and oxygen atoms in total. The number of carbonyl (C=O) groups excluding carboxylic acids is 3. The van der Waals surface area contributed by atoms with Gasteiger partial charge < -0.3 is 20.7 Å². The highest BCUT2D eigenvalue weighted by Gasteiger charge is 2.30. The van der Waals surface area contributed by atoms with Crippen LogP contribution in [-0.2, 0) is 11.3 Å². The number of fused-ring (bicyclic) bond motifs is 2. The molecule has 0 radical (unpaired) electrons. The number of imide groups is 1. The van der Waals surface area contributed by atoms with Gasteiger partial charge in [-0.25, -0.2) is 4.79 Å². The Morgan fingerprint density at radius 3 is 2.59 bits per heavy atom. The maximum atomic E-state index is 13.1. The number of amides is 4. The van der Waals surface area contributed by atoms with Crippen molar-refractivity contribution >= 4 is 34.8 Å². The number of nitrogens with two attached hydrogens (primary N) is 1. The molecule has 4 amide bonds. The molecule has 1 aliphatic rings. The lowest BCUT2D eigenvalue weighted by atomic mass is 9.95. The quantitative estimate of drug-likeness (QED) is 0.263. The largest absolute Gasteiger partial charge is 0.497 e. The average molecular weight is 495 g/mol. The Bertz CT molecular complexity index is 1500. The number of anilines is 1. The Kier molecular flexibility index (Phi) is 6.47. The van der Waals surface area contributed by atoms with E-state index in [1.807, 2.05) is 66.7 Å². The Morgan fingerprint density at radius 1 is 1.05 bits per heavy atom. The Labute approximate surface area is 214 Å². The van der Waals surface area contributed by atoms with Gasteiger partial charge in [0.05, 0.1) is 13.2 Å². The molecule has 4 aromatic carbocycles. The molecule has 1 aliphatic heterocycles. The molecule has 186 valence electrons. The van der Waals surface area contributed by atoms with Crippen LogP contribution in [0.2, 0.25) is 0 Å². The van der Waals surface area contributed by atoms with Crippen molar-refractivity contribution in [2.24, 2.45) is 0 Å². The summed E-state index contributed by atoms with van der Waals surface area (Å²) in [6.45, 7) is 0.641. The van der Waals surface area contributed by atoms with Gasteiger partial charge in [-0.05, 0) is 57.3 Å². The molecule has 8 heteroatoms. The van der Waals surface area contributed by atoms with Crippen LogP contribution in [0.5, 0.6) is 5.75 Å². The van der Waals surface area contributed by atoms with Crippen LogP contribution in [0.4, 0.5) is 10.5 Å². The zero-order valence-corrected chi connectivity index (χ0v) is 20.2. The van der Waals surface area contributed by atoms with Crippen LogP contribution < -0.4 is 21.1 Å². The molecule has 0 fully saturated rings. The number of ether oxygens (including phenoxy) is 1. The molecule has 0 aliphatic carbocycles. The van der Waals surface area contributed by atoms with Gasteiger partial charge in [-0.3, -0.25) is 14.9 Å². The summed E-state index contributed by atoms with van der Waals surface area (Å²) < 4.78 is 5.26. The minimum atomic E-state index is -0.642. The fourth-order valence-electron chi connectivity index (χ4n) is 4.79. The number of benzene rings is 4. The van der Waals surface area contributed by atoms with Gasteiger partial charge in [0.2, 0.25) is 6.41 Å². The SMILES string of the molecule is COc1ccc2c(c1)C(=O)N(C[C@H](NC(=O)NC=O)c1ccc(-c3cc(N)cc4ccccc34)cc1)C2. The zero-order valence-electron chi connectivity index (χ0n) is 20.2. The number of urea groups is 1. The Balaban J connectivity index is 1.44. The summed E-state index contributed by atoms with van der Waals surface area (Å²) in [6.07, 6.45) is 0.323. The summed E-state index contributed by atoms with van der Waals surface area (Å²) in [6, 6.07) is 23.9. The smallest absolute Gasteiger partial charge is 0.321 e. The molecular weight excluding hydrogens is 468 g/mol. The van der Waals surface area contributed by atoms with E-state index in [4.69, 9.17) is 10.5 Å². The van der Waals surface area contributed by atoms with Crippen LogP contribution in [0.3, 0.4) is 0 Å². The van der Waals surface area contributed by atoms with E-state index in [0.717, 1.165) is 33.0 Å². The van der Waals surface area contributed by atoms with Crippen molar-refractivity contribution < 1.29 is 19.1 Å². The van der Waals surface area contributed by atoms with E-state index >= 15 is 0 Å². The van der Waals surface area contributed by atoms with Crippen molar-refractivity contribution in [2.75, 3.05) is 19.4 Å². The number of nitrogen functional groups attached to an aromatic ring is 1. The molecule has 4 N–H and O–H groups in total. The highest BCUT2D eigenvalue weighted by atomic mass is 16.5. The number of nitrogens with zero attached hydrogens (tertiary/aromatic N) is 1. The molecule has 37 heavy (non-hydrogen) atoms. The van der Waals surface area contributed by atoms with E-state index in [0.29, 0.717) is 30.0 Å². The first kappa shape index (κ1) is 23.9. The van der Waals surface area contributed by atoms with E-state index in [-0.39, 0.29) is 12.5 Å². The molecule has 0 aromatic heterocycles. The van der Waals surface area contributed by atoms with Crippen LogP contribution in [0, 0.1) is 0 Å². The van der Waals surface area contributed by atoms with Gasteiger partial charge in [0.15, 0.2) is 0 Å². The zero-order chi connectivity index (χ0) is 25.9. The predicted octanol–water partition coefficient (Wildman–Crippen LogP) is 4.25. The number of nitrogens with one attached hydrogen (secondary N) is 2. The first-order valence-electron chi connectivity index (χ1n) is 11.8. The summed E-state index contributed by atoms with van der Waals surface area (Å²) >= 11 is 0. The van der Waals surface area contributed by atoms with E-state index in [9.17, 15) is 14.4 Å². The number of rotatable bonds is 7. The second-order valence-corrected chi connectivity index (χ2v) is 8.91. The molecule has 0 spiro atoms. The lowest BCUT2D eigenvalue weighted by molar-refractivity contribution is -0.108. The van der Waals surface area contributed by atoms with E-state index in [1.54, 1.807) is 18.1 Å².